The Balaban J connectivity index is 1.84. The Kier molecular flexibility index (Phi) is 4.58. The molecule has 1 atom stereocenters. The highest BCUT2D eigenvalue weighted by Gasteiger charge is 2.35. The molecule has 19 heavy (non-hydrogen) atoms. The minimum Gasteiger partial charge on any atom is -0.379 e. The maximum absolute atomic E-state index is 12.4. The lowest BCUT2D eigenvalue weighted by Crippen LogP contribution is -2.42. The Bertz CT molecular complexity index is 406. The molecule has 1 aliphatic rings. The van der Waals surface area contributed by atoms with Crippen LogP contribution in [0, 0.1) is 0 Å². The summed E-state index contributed by atoms with van der Waals surface area (Å²) in [5, 5.41) is 8.87. The van der Waals surface area contributed by atoms with Crippen molar-refractivity contribution in [1.82, 2.24) is 15.1 Å². The highest BCUT2D eigenvalue weighted by Crippen LogP contribution is 2.33. The fourth-order valence-electron chi connectivity index (χ4n) is 1.82. The molecule has 1 unspecified atom stereocenters. The molecule has 0 aromatic carbocycles. The standard InChI is InChI=1S/C10H15F3N4OS/c1-7(6-17-2-4-18-5-3-17)14-9-16-15-8(19-9)10(11,12)13/h7H,2-6H2,1H3,(H,14,16). The van der Waals surface area contributed by atoms with E-state index < -0.39 is 11.2 Å². The Labute approximate surface area is 112 Å². The Hall–Kier alpha value is -0.930. The maximum atomic E-state index is 12.4. The van der Waals surface area contributed by atoms with E-state index in [1.54, 1.807) is 0 Å². The molecule has 0 bridgehead atoms. The number of halogens is 3. The lowest BCUT2D eigenvalue weighted by atomic mass is 10.3. The van der Waals surface area contributed by atoms with Crippen LogP contribution in [0.25, 0.3) is 0 Å². The van der Waals surface area contributed by atoms with E-state index in [9.17, 15) is 13.2 Å². The van der Waals surface area contributed by atoms with Crippen LogP contribution in [0.3, 0.4) is 0 Å². The fraction of sp³-hybridized carbons (Fsp3) is 0.800. The van der Waals surface area contributed by atoms with Crippen molar-refractivity contribution < 1.29 is 17.9 Å². The predicted octanol–water partition coefficient (Wildman–Crippen LogP) is 1.69. The molecule has 1 fully saturated rings. The topological polar surface area (TPSA) is 50.3 Å². The van der Waals surface area contributed by atoms with Gasteiger partial charge in [0, 0.05) is 25.7 Å². The smallest absolute Gasteiger partial charge is 0.379 e. The van der Waals surface area contributed by atoms with Crippen molar-refractivity contribution in [2.45, 2.75) is 19.1 Å². The van der Waals surface area contributed by atoms with Crippen molar-refractivity contribution in [2.75, 3.05) is 38.2 Å². The molecule has 5 nitrogen and oxygen atoms in total. The van der Waals surface area contributed by atoms with Crippen molar-refractivity contribution in [3.05, 3.63) is 5.01 Å². The molecule has 1 N–H and O–H groups in total. The third-order valence-electron chi connectivity index (χ3n) is 2.67. The first-order chi connectivity index (χ1) is 8.95. The lowest BCUT2D eigenvalue weighted by Gasteiger charge is -2.29. The third kappa shape index (κ3) is 4.29. The van der Waals surface area contributed by atoms with Crippen LogP contribution in [-0.2, 0) is 10.9 Å². The van der Waals surface area contributed by atoms with Gasteiger partial charge in [0.05, 0.1) is 13.2 Å². The van der Waals surface area contributed by atoms with E-state index in [0.29, 0.717) is 24.6 Å². The van der Waals surface area contributed by atoms with E-state index >= 15 is 0 Å². The minimum atomic E-state index is -4.43. The number of hydrogen-bond donors (Lipinski definition) is 1. The molecule has 0 amide bonds. The molecule has 1 saturated heterocycles. The number of aromatic nitrogens is 2. The molecule has 0 aliphatic carbocycles. The van der Waals surface area contributed by atoms with Gasteiger partial charge in [0.1, 0.15) is 0 Å². The predicted molar refractivity (Wildman–Crippen MR) is 65.3 cm³/mol. The number of nitrogens with one attached hydrogen (secondary N) is 1. The number of rotatable bonds is 4. The van der Waals surface area contributed by atoms with Crippen LogP contribution in [-0.4, -0.2) is 54.0 Å². The first kappa shape index (κ1) is 14.5. The van der Waals surface area contributed by atoms with Gasteiger partial charge in [-0.15, -0.1) is 10.2 Å². The maximum Gasteiger partial charge on any atom is 0.445 e. The summed E-state index contributed by atoms with van der Waals surface area (Å²) in [5.41, 5.74) is 0. The summed E-state index contributed by atoms with van der Waals surface area (Å²) in [6.45, 7) is 5.73. The Morgan fingerprint density at radius 1 is 1.37 bits per heavy atom. The Morgan fingerprint density at radius 3 is 2.63 bits per heavy atom. The molecule has 2 rings (SSSR count). The molecule has 0 saturated carbocycles. The van der Waals surface area contributed by atoms with Crippen LogP contribution in [0.15, 0.2) is 0 Å². The molecule has 0 radical (unpaired) electrons. The third-order valence-corrected chi connectivity index (χ3v) is 3.57. The second-order valence-electron chi connectivity index (χ2n) is 4.37. The van der Waals surface area contributed by atoms with Crippen molar-refractivity contribution in [3.8, 4) is 0 Å². The summed E-state index contributed by atoms with van der Waals surface area (Å²) in [6, 6.07) is 0.00661. The van der Waals surface area contributed by atoms with Gasteiger partial charge in [0.2, 0.25) is 10.1 Å². The van der Waals surface area contributed by atoms with E-state index in [2.05, 4.69) is 20.4 Å². The van der Waals surface area contributed by atoms with Crippen molar-refractivity contribution in [2.24, 2.45) is 0 Å². The minimum absolute atomic E-state index is 0.00661. The molecular weight excluding hydrogens is 281 g/mol. The van der Waals surface area contributed by atoms with Gasteiger partial charge in [-0.1, -0.05) is 11.3 Å². The number of morpholine rings is 1. The van der Waals surface area contributed by atoms with Crippen molar-refractivity contribution >= 4 is 16.5 Å². The average Bonchev–Trinajstić information content (AvgIpc) is 2.78. The molecule has 1 aromatic rings. The zero-order valence-corrected chi connectivity index (χ0v) is 11.2. The van der Waals surface area contributed by atoms with Gasteiger partial charge in [-0.2, -0.15) is 13.2 Å². The SMILES string of the molecule is CC(CN1CCOCC1)Nc1nnc(C(F)(F)F)s1. The van der Waals surface area contributed by atoms with Crippen LogP contribution in [0.4, 0.5) is 18.3 Å². The van der Waals surface area contributed by atoms with Crippen LogP contribution < -0.4 is 5.32 Å². The summed E-state index contributed by atoms with van der Waals surface area (Å²) >= 11 is 0.529. The highest BCUT2D eigenvalue weighted by atomic mass is 32.1. The molecule has 1 aromatic heterocycles. The van der Waals surface area contributed by atoms with E-state index in [0.717, 1.165) is 19.6 Å². The Morgan fingerprint density at radius 2 is 2.05 bits per heavy atom. The summed E-state index contributed by atoms with van der Waals surface area (Å²) in [6.07, 6.45) is -4.43. The van der Waals surface area contributed by atoms with E-state index in [4.69, 9.17) is 4.74 Å². The van der Waals surface area contributed by atoms with Crippen molar-refractivity contribution in [1.29, 1.82) is 0 Å². The lowest BCUT2D eigenvalue weighted by molar-refractivity contribution is -0.138. The first-order valence-corrected chi connectivity index (χ1v) is 6.74. The molecule has 0 spiro atoms. The quantitative estimate of drug-likeness (QED) is 0.916. The van der Waals surface area contributed by atoms with E-state index in [1.165, 1.54) is 0 Å². The molecule has 108 valence electrons. The number of anilines is 1. The van der Waals surface area contributed by atoms with Gasteiger partial charge in [-0.25, -0.2) is 0 Å². The zero-order chi connectivity index (χ0) is 13.9. The van der Waals surface area contributed by atoms with Crippen LogP contribution in [0.2, 0.25) is 0 Å². The van der Waals surface area contributed by atoms with Gasteiger partial charge in [0.15, 0.2) is 0 Å². The van der Waals surface area contributed by atoms with Gasteiger partial charge < -0.3 is 10.1 Å². The van der Waals surface area contributed by atoms with Gasteiger partial charge in [-0.05, 0) is 6.92 Å². The number of alkyl halides is 3. The molecule has 1 aliphatic heterocycles. The van der Waals surface area contributed by atoms with Gasteiger partial charge in [0.25, 0.3) is 0 Å². The number of hydrogen-bond acceptors (Lipinski definition) is 6. The normalized spacial score (nSPS) is 19.4. The summed E-state index contributed by atoms with van der Waals surface area (Å²) in [5.74, 6) is 0. The monoisotopic (exact) mass is 296 g/mol. The average molecular weight is 296 g/mol. The highest BCUT2D eigenvalue weighted by molar-refractivity contribution is 7.15. The largest absolute Gasteiger partial charge is 0.445 e. The second kappa shape index (κ2) is 6.02. The number of nitrogens with zero attached hydrogens (tertiary/aromatic N) is 3. The zero-order valence-electron chi connectivity index (χ0n) is 10.4. The summed E-state index contributed by atoms with van der Waals surface area (Å²) < 4.78 is 42.3. The van der Waals surface area contributed by atoms with Gasteiger partial charge >= 0.3 is 6.18 Å². The second-order valence-corrected chi connectivity index (χ2v) is 5.35. The van der Waals surface area contributed by atoms with Crippen LogP contribution in [0.5, 0.6) is 0 Å². The molecular formula is C10H15F3N4OS. The van der Waals surface area contributed by atoms with Crippen LogP contribution in [0.1, 0.15) is 11.9 Å². The summed E-state index contributed by atoms with van der Waals surface area (Å²) in [4.78, 5) is 2.20. The molecule has 2 heterocycles. The fourth-order valence-corrected chi connectivity index (χ4v) is 2.55. The molecule has 9 heteroatoms. The summed E-state index contributed by atoms with van der Waals surface area (Å²) in [7, 11) is 0. The first-order valence-electron chi connectivity index (χ1n) is 5.92. The number of ether oxygens (including phenoxy) is 1. The van der Waals surface area contributed by atoms with E-state index in [1.807, 2.05) is 6.92 Å². The van der Waals surface area contributed by atoms with E-state index in [-0.39, 0.29) is 11.2 Å². The van der Waals surface area contributed by atoms with Crippen LogP contribution >= 0.6 is 11.3 Å². The van der Waals surface area contributed by atoms with Crippen molar-refractivity contribution in [3.63, 3.8) is 0 Å². The van der Waals surface area contributed by atoms with Gasteiger partial charge in [-0.3, -0.25) is 4.90 Å².